The highest BCUT2D eigenvalue weighted by Crippen LogP contribution is 2.37. The molecule has 0 radical (unpaired) electrons. The second kappa shape index (κ2) is 4.63. The van der Waals surface area contributed by atoms with Crippen LogP contribution in [0.5, 0.6) is 0 Å². The Balaban J connectivity index is 1.89. The first-order valence-electron chi connectivity index (χ1n) is 6.48. The Morgan fingerprint density at radius 2 is 2.11 bits per heavy atom. The normalized spacial score (nSPS) is 31.5. The molecule has 5 nitrogen and oxygen atoms in total. The lowest BCUT2D eigenvalue weighted by molar-refractivity contribution is 0.0867. The molecular formula is C12H17ClN4O. The standard InChI is InChI=1S/C12H17ClN4O/c1-7-11(13)15-16-12(14-7)17-6-5-8-3-2-4-9(18)10(8)17/h8-10,18H,2-6H2,1H3/t8-,9-,10+/m0/s1. The average Bonchev–Trinajstić information content (AvgIpc) is 2.78. The molecule has 3 rings (SSSR count). The minimum Gasteiger partial charge on any atom is -0.391 e. The highest BCUT2D eigenvalue weighted by Gasteiger charge is 2.42. The van der Waals surface area contributed by atoms with Gasteiger partial charge in [-0.15, -0.1) is 10.2 Å². The van der Waals surface area contributed by atoms with Crippen LogP contribution in [0.25, 0.3) is 0 Å². The van der Waals surface area contributed by atoms with E-state index in [1.807, 2.05) is 6.92 Å². The molecule has 0 spiro atoms. The van der Waals surface area contributed by atoms with Crippen LogP contribution in [0.3, 0.4) is 0 Å². The Morgan fingerprint density at radius 1 is 1.28 bits per heavy atom. The van der Waals surface area contributed by atoms with Crippen molar-refractivity contribution in [1.29, 1.82) is 0 Å². The molecule has 1 aliphatic carbocycles. The van der Waals surface area contributed by atoms with Crippen molar-refractivity contribution >= 4 is 17.5 Å². The zero-order chi connectivity index (χ0) is 12.7. The minimum absolute atomic E-state index is 0.154. The molecule has 1 aromatic rings. The summed E-state index contributed by atoms with van der Waals surface area (Å²) >= 11 is 5.85. The fourth-order valence-corrected chi connectivity index (χ4v) is 3.29. The molecule has 2 fully saturated rings. The molecule has 98 valence electrons. The lowest BCUT2D eigenvalue weighted by Crippen LogP contribution is -2.45. The van der Waals surface area contributed by atoms with E-state index in [0.29, 0.717) is 22.7 Å². The number of hydrogen-bond acceptors (Lipinski definition) is 5. The van der Waals surface area contributed by atoms with Gasteiger partial charge in [-0.25, -0.2) is 4.98 Å². The third-order valence-electron chi connectivity index (χ3n) is 4.10. The number of aliphatic hydroxyl groups is 1. The summed E-state index contributed by atoms with van der Waals surface area (Å²) in [6.45, 7) is 2.72. The van der Waals surface area contributed by atoms with Crippen molar-refractivity contribution in [3.05, 3.63) is 10.8 Å². The van der Waals surface area contributed by atoms with Crippen molar-refractivity contribution < 1.29 is 5.11 Å². The molecule has 1 aliphatic heterocycles. The van der Waals surface area contributed by atoms with Crippen molar-refractivity contribution in [3.63, 3.8) is 0 Å². The summed E-state index contributed by atoms with van der Waals surface area (Å²) in [5, 5.41) is 18.5. The Labute approximate surface area is 111 Å². The van der Waals surface area contributed by atoms with Gasteiger partial charge in [-0.3, -0.25) is 0 Å². The van der Waals surface area contributed by atoms with Gasteiger partial charge in [0.2, 0.25) is 5.95 Å². The van der Waals surface area contributed by atoms with E-state index < -0.39 is 0 Å². The van der Waals surface area contributed by atoms with Crippen LogP contribution < -0.4 is 4.90 Å². The molecule has 6 heteroatoms. The maximum atomic E-state index is 10.2. The first-order chi connectivity index (χ1) is 8.66. The van der Waals surface area contributed by atoms with Crippen LogP contribution in [-0.2, 0) is 0 Å². The summed E-state index contributed by atoms with van der Waals surface area (Å²) in [5.41, 5.74) is 0.690. The lowest BCUT2D eigenvalue weighted by atomic mass is 9.83. The number of anilines is 1. The van der Waals surface area contributed by atoms with Crippen molar-refractivity contribution in [2.45, 2.75) is 44.8 Å². The topological polar surface area (TPSA) is 62.1 Å². The number of rotatable bonds is 1. The van der Waals surface area contributed by atoms with Crippen molar-refractivity contribution in [1.82, 2.24) is 15.2 Å². The number of fused-ring (bicyclic) bond motifs is 1. The van der Waals surface area contributed by atoms with E-state index >= 15 is 0 Å². The number of halogens is 1. The van der Waals surface area contributed by atoms with Gasteiger partial charge >= 0.3 is 0 Å². The fraction of sp³-hybridized carbons (Fsp3) is 0.750. The molecule has 1 aromatic heterocycles. The number of aromatic nitrogens is 3. The highest BCUT2D eigenvalue weighted by molar-refractivity contribution is 6.29. The second-order valence-electron chi connectivity index (χ2n) is 5.22. The van der Waals surface area contributed by atoms with Crippen molar-refractivity contribution in [2.75, 3.05) is 11.4 Å². The highest BCUT2D eigenvalue weighted by atomic mass is 35.5. The molecule has 18 heavy (non-hydrogen) atoms. The molecule has 3 atom stereocenters. The molecular weight excluding hydrogens is 252 g/mol. The third kappa shape index (κ3) is 1.95. The summed E-state index contributed by atoms with van der Waals surface area (Å²) in [6, 6.07) is 0.154. The molecule has 0 amide bonds. The number of hydrogen-bond donors (Lipinski definition) is 1. The van der Waals surface area contributed by atoms with Gasteiger partial charge in [0, 0.05) is 6.54 Å². The zero-order valence-electron chi connectivity index (χ0n) is 10.4. The fourth-order valence-electron chi connectivity index (χ4n) is 3.21. The maximum absolute atomic E-state index is 10.2. The summed E-state index contributed by atoms with van der Waals surface area (Å²) in [7, 11) is 0. The van der Waals surface area contributed by atoms with Crippen LogP contribution in [0.4, 0.5) is 5.95 Å². The second-order valence-corrected chi connectivity index (χ2v) is 5.58. The van der Waals surface area contributed by atoms with Gasteiger partial charge < -0.3 is 10.0 Å². The van der Waals surface area contributed by atoms with E-state index in [0.717, 1.165) is 25.8 Å². The Bertz CT molecular complexity index is 456. The largest absolute Gasteiger partial charge is 0.391 e. The summed E-state index contributed by atoms with van der Waals surface area (Å²) in [4.78, 5) is 6.49. The van der Waals surface area contributed by atoms with Crippen LogP contribution >= 0.6 is 11.6 Å². The molecule has 0 bridgehead atoms. The van der Waals surface area contributed by atoms with Crippen LogP contribution in [0.2, 0.25) is 5.15 Å². The smallest absolute Gasteiger partial charge is 0.246 e. The van der Waals surface area contributed by atoms with Crippen LogP contribution in [0, 0.1) is 12.8 Å². The molecule has 0 aromatic carbocycles. The minimum atomic E-state index is -0.272. The molecule has 1 saturated carbocycles. The maximum Gasteiger partial charge on any atom is 0.246 e. The first-order valence-corrected chi connectivity index (χ1v) is 6.86. The molecule has 0 unspecified atom stereocenters. The summed E-state index contributed by atoms with van der Waals surface area (Å²) < 4.78 is 0. The average molecular weight is 269 g/mol. The first kappa shape index (κ1) is 12.1. The predicted octanol–water partition coefficient (Wildman–Crippen LogP) is 1.57. The monoisotopic (exact) mass is 268 g/mol. The number of nitrogens with zero attached hydrogens (tertiary/aromatic N) is 4. The molecule has 1 saturated heterocycles. The van der Waals surface area contributed by atoms with Crippen LogP contribution in [-0.4, -0.2) is 39.0 Å². The SMILES string of the molecule is Cc1nc(N2CC[C@@H]3CCC[C@H](O)[C@@H]32)nnc1Cl. The Hall–Kier alpha value is -0.940. The molecule has 1 N–H and O–H groups in total. The van der Waals surface area contributed by atoms with Gasteiger partial charge in [0.15, 0.2) is 5.15 Å². The van der Waals surface area contributed by atoms with Gasteiger partial charge in [0.1, 0.15) is 0 Å². The van der Waals surface area contributed by atoms with Crippen LogP contribution in [0.15, 0.2) is 0 Å². The quantitative estimate of drug-likeness (QED) is 0.838. The zero-order valence-corrected chi connectivity index (χ0v) is 11.1. The van der Waals surface area contributed by atoms with Crippen molar-refractivity contribution in [2.24, 2.45) is 5.92 Å². The molecule has 2 heterocycles. The van der Waals surface area contributed by atoms with Gasteiger partial charge in [-0.1, -0.05) is 18.0 Å². The van der Waals surface area contributed by atoms with Gasteiger partial charge in [-0.05, 0) is 32.1 Å². The Morgan fingerprint density at radius 3 is 2.89 bits per heavy atom. The summed E-state index contributed by atoms with van der Waals surface area (Å²) in [5.74, 6) is 1.17. The van der Waals surface area contributed by atoms with E-state index in [-0.39, 0.29) is 12.1 Å². The predicted molar refractivity (Wildman–Crippen MR) is 68.7 cm³/mol. The van der Waals surface area contributed by atoms with E-state index in [1.54, 1.807) is 0 Å². The molecule has 2 aliphatic rings. The van der Waals surface area contributed by atoms with E-state index in [4.69, 9.17) is 11.6 Å². The van der Waals surface area contributed by atoms with E-state index in [9.17, 15) is 5.11 Å². The number of aryl methyl sites for hydroxylation is 1. The third-order valence-corrected chi connectivity index (χ3v) is 4.45. The van der Waals surface area contributed by atoms with Gasteiger partial charge in [0.05, 0.1) is 17.8 Å². The Kier molecular flexibility index (Phi) is 3.11. The van der Waals surface area contributed by atoms with E-state index in [2.05, 4.69) is 20.1 Å². The van der Waals surface area contributed by atoms with Gasteiger partial charge in [0.25, 0.3) is 0 Å². The van der Waals surface area contributed by atoms with E-state index in [1.165, 1.54) is 6.42 Å². The lowest BCUT2D eigenvalue weighted by Gasteiger charge is -2.35. The van der Waals surface area contributed by atoms with Crippen LogP contribution in [0.1, 0.15) is 31.4 Å². The van der Waals surface area contributed by atoms with Crippen molar-refractivity contribution in [3.8, 4) is 0 Å². The van der Waals surface area contributed by atoms with Gasteiger partial charge in [-0.2, -0.15) is 0 Å². The number of aliphatic hydroxyl groups excluding tert-OH is 1. The summed E-state index contributed by atoms with van der Waals surface area (Å²) in [6.07, 6.45) is 4.02.